The summed E-state index contributed by atoms with van der Waals surface area (Å²) in [6, 6.07) is 10.3. The molecule has 1 aliphatic heterocycles. The zero-order chi connectivity index (χ0) is 20.9. The second kappa shape index (κ2) is 9.53. The van der Waals surface area contributed by atoms with Crippen LogP contribution in [0.1, 0.15) is 29.0 Å². The first-order valence-corrected chi connectivity index (χ1v) is 11.4. The Morgan fingerprint density at radius 3 is 2.77 bits per heavy atom. The van der Waals surface area contributed by atoms with Gasteiger partial charge in [0.15, 0.2) is 0 Å². The summed E-state index contributed by atoms with van der Waals surface area (Å²) in [5.74, 6) is 1.60. The molecule has 1 aliphatic rings. The van der Waals surface area contributed by atoms with Crippen LogP contribution in [0, 0.1) is 13.8 Å². The van der Waals surface area contributed by atoms with E-state index in [1.165, 1.54) is 11.1 Å². The number of amides is 1. The van der Waals surface area contributed by atoms with Crippen molar-refractivity contribution in [3.63, 3.8) is 0 Å². The fourth-order valence-corrected chi connectivity index (χ4v) is 4.45. The van der Waals surface area contributed by atoms with Gasteiger partial charge in [-0.25, -0.2) is 0 Å². The minimum Gasteiger partial charge on any atom is -0.340 e. The molecule has 0 bridgehead atoms. The third-order valence-corrected chi connectivity index (χ3v) is 6.51. The number of hydrogen-bond donors (Lipinski definition) is 0. The molecular weight excluding hydrogens is 396 g/mol. The van der Waals surface area contributed by atoms with Crippen LogP contribution in [0.25, 0.3) is 10.7 Å². The Labute approximate surface area is 181 Å². The van der Waals surface area contributed by atoms with Crippen molar-refractivity contribution in [2.24, 2.45) is 0 Å². The van der Waals surface area contributed by atoms with Crippen LogP contribution in [0.15, 0.2) is 40.2 Å². The van der Waals surface area contributed by atoms with Crippen LogP contribution in [-0.4, -0.2) is 58.6 Å². The fraction of sp³-hybridized carbons (Fsp3) is 0.435. The lowest BCUT2D eigenvalue weighted by atomic mass is 10.0. The number of carbonyl (C=O) groups excluding carboxylic acids is 1. The molecule has 158 valence electrons. The minimum absolute atomic E-state index is 0.232. The largest absolute Gasteiger partial charge is 0.340 e. The molecule has 4 rings (SSSR count). The lowest BCUT2D eigenvalue weighted by Crippen LogP contribution is -2.49. The van der Waals surface area contributed by atoms with Crippen molar-refractivity contribution in [1.82, 2.24) is 19.9 Å². The Bertz CT molecular complexity index is 975. The fourth-order valence-electron chi connectivity index (χ4n) is 3.80. The van der Waals surface area contributed by atoms with E-state index < -0.39 is 0 Å². The van der Waals surface area contributed by atoms with E-state index >= 15 is 0 Å². The van der Waals surface area contributed by atoms with Gasteiger partial charge in [0, 0.05) is 32.6 Å². The smallest absolute Gasteiger partial charge is 0.227 e. The predicted molar refractivity (Wildman–Crippen MR) is 119 cm³/mol. The Hall–Kier alpha value is -2.51. The van der Waals surface area contributed by atoms with Crippen LogP contribution in [-0.2, 0) is 17.6 Å². The number of hydrogen-bond acceptors (Lipinski definition) is 6. The highest BCUT2D eigenvalue weighted by atomic mass is 32.1. The van der Waals surface area contributed by atoms with Gasteiger partial charge in [-0.2, -0.15) is 4.98 Å². The highest BCUT2D eigenvalue weighted by Crippen LogP contribution is 2.21. The molecular formula is C23H28N4O2S. The van der Waals surface area contributed by atoms with E-state index in [0.717, 1.165) is 56.0 Å². The standard InChI is InChI=1S/C23H28N4O2S/c1-17-7-8-18(2)19(15-17)16-22(28)27-12-10-26(11-13-27)9-3-6-21-24-23(25-29-21)20-5-4-14-30-20/h4-5,7-8,14-15H,3,6,9-13,16H2,1-2H3. The minimum atomic E-state index is 0.232. The summed E-state index contributed by atoms with van der Waals surface area (Å²) in [6.45, 7) is 8.57. The Kier molecular flexibility index (Phi) is 6.59. The first-order valence-electron chi connectivity index (χ1n) is 10.5. The van der Waals surface area contributed by atoms with Crippen LogP contribution in [0.5, 0.6) is 0 Å². The zero-order valence-corrected chi connectivity index (χ0v) is 18.5. The average Bonchev–Trinajstić information content (AvgIpc) is 3.43. The van der Waals surface area contributed by atoms with E-state index in [-0.39, 0.29) is 5.91 Å². The number of benzene rings is 1. The second-order valence-corrected chi connectivity index (χ2v) is 8.87. The summed E-state index contributed by atoms with van der Waals surface area (Å²) in [7, 11) is 0. The maximum atomic E-state index is 12.7. The normalized spacial score (nSPS) is 14.9. The van der Waals surface area contributed by atoms with Gasteiger partial charge in [0.2, 0.25) is 17.6 Å². The summed E-state index contributed by atoms with van der Waals surface area (Å²) < 4.78 is 5.38. The molecule has 3 heterocycles. The van der Waals surface area contributed by atoms with Crippen molar-refractivity contribution in [3.05, 3.63) is 58.3 Å². The summed E-state index contributed by atoms with van der Waals surface area (Å²) in [6.07, 6.45) is 2.25. The number of aryl methyl sites for hydroxylation is 3. The van der Waals surface area contributed by atoms with Crippen LogP contribution < -0.4 is 0 Å². The molecule has 0 spiro atoms. The Balaban J connectivity index is 1.19. The number of aromatic nitrogens is 2. The molecule has 1 saturated heterocycles. The number of piperazine rings is 1. The molecule has 2 aromatic heterocycles. The monoisotopic (exact) mass is 424 g/mol. The van der Waals surface area contributed by atoms with Gasteiger partial charge in [-0.3, -0.25) is 9.69 Å². The molecule has 0 atom stereocenters. The lowest BCUT2D eigenvalue weighted by Gasteiger charge is -2.34. The maximum absolute atomic E-state index is 12.7. The molecule has 0 N–H and O–H groups in total. The molecule has 3 aromatic rings. The first kappa shape index (κ1) is 20.8. The van der Waals surface area contributed by atoms with Gasteiger partial charge >= 0.3 is 0 Å². The van der Waals surface area contributed by atoms with Crippen molar-refractivity contribution < 1.29 is 9.32 Å². The summed E-state index contributed by atoms with van der Waals surface area (Å²) in [4.78, 5) is 22.7. The SMILES string of the molecule is Cc1ccc(C)c(CC(=O)N2CCN(CCCc3nc(-c4cccs4)no3)CC2)c1. The first-order chi connectivity index (χ1) is 14.6. The second-order valence-electron chi connectivity index (χ2n) is 7.92. The van der Waals surface area contributed by atoms with Gasteiger partial charge in [-0.15, -0.1) is 11.3 Å². The molecule has 7 heteroatoms. The topological polar surface area (TPSA) is 62.5 Å². The number of nitrogens with zero attached hydrogens (tertiary/aromatic N) is 4. The number of thiophene rings is 1. The van der Waals surface area contributed by atoms with Crippen molar-refractivity contribution in [3.8, 4) is 10.7 Å². The molecule has 1 amide bonds. The van der Waals surface area contributed by atoms with E-state index in [2.05, 4.69) is 47.1 Å². The van der Waals surface area contributed by atoms with Crippen molar-refractivity contribution in [2.45, 2.75) is 33.1 Å². The molecule has 1 fully saturated rings. The van der Waals surface area contributed by atoms with E-state index in [1.54, 1.807) is 11.3 Å². The van der Waals surface area contributed by atoms with Gasteiger partial charge in [0.25, 0.3) is 0 Å². The van der Waals surface area contributed by atoms with Crippen molar-refractivity contribution >= 4 is 17.2 Å². The molecule has 30 heavy (non-hydrogen) atoms. The zero-order valence-electron chi connectivity index (χ0n) is 17.6. The number of carbonyl (C=O) groups is 1. The summed E-state index contributed by atoms with van der Waals surface area (Å²) in [5.41, 5.74) is 3.54. The maximum Gasteiger partial charge on any atom is 0.227 e. The molecule has 0 saturated carbocycles. The van der Waals surface area contributed by atoms with Crippen molar-refractivity contribution in [1.29, 1.82) is 0 Å². The van der Waals surface area contributed by atoms with Gasteiger partial charge in [0.1, 0.15) is 0 Å². The molecule has 0 unspecified atom stereocenters. The third-order valence-electron chi connectivity index (χ3n) is 5.65. The lowest BCUT2D eigenvalue weighted by molar-refractivity contribution is -0.132. The summed E-state index contributed by atoms with van der Waals surface area (Å²) in [5, 5.41) is 6.08. The van der Waals surface area contributed by atoms with Crippen LogP contribution in [0.2, 0.25) is 0 Å². The Morgan fingerprint density at radius 2 is 2.00 bits per heavy atom. The molecule has 0 radical (unpaired) electrons. The third kappa shape index (κ3) is 5.15. The van der Waals surface area contributed by atoms with Gasteiger partial charge < -0.3 is 9.42 Å². The van der Waals surface area contributed by atoms with Crippen molar-refractivity contribution in [2.75, 3.05) is 32.7 Å². The van der Waals surface area contributed by atoms with Crippen LogP contribution in [0.4, 0.5) is 0 Å². The van der Waals surface area contributed by atoms with Crippen LogP contribution in [0.3, 0.4) is 0 Å². The van der Waals surface area contributed by atoms with Crippen LogP contribution >= 0.6 is 11.3 Å². The number of rotatable bonds is 7. The van der Waals surface area contributed by atoms with E-state index in [1.807, 2.05) is 22.4 Å². The van der Waals surface area contributed by atoms with Gasteiger partial charge in [-0.1, -0.05) is 35.0 Å². The van der Waals surface area contributed by atoms with Gasteiger partial charge in [-0.05, 0) is 49.4 Å². The van der Waals surface area contributed by atoms with E-state index in [4.69, 9.17) is 4.52 Å². The van der Waals surface area contributed by atoms with E-state index in [0.29, 0.717) is 18.1 Å². The highest BCUT2D eigenvalue weighted by Gasteiger charge is 2.21. The predicted octanol–water partition coefficient (Wildman–Crippen LogP) is 3.73. The van der Waals surface area contributed by atoms with Gasteiger partial charge in [0.05, 0.1) is 11.3 Å². The average molecular weight is 425 g/mol. The highest BCUT2D eigenvalue weighted by molar-refractivity contribution is 7.13. The quantitative estimate of drug-likeness (QED) is 0.578. The molecule has 1 aromatic carbocycles. The molecule has 6 nitrogen and oxygen atoms in total. The van der Waals surface area contributed by atoms with E-state index in [9.17, 15) is 4.79 Å². The summed E-state index contributed by atoms with van der Waals surface area (Å²) >= 11 is 1.61. The molecule has 0 aliphatic carbocycles. The Morgan fingerprint density at radius 1 is 1.17 bits per heavy atom.